The van der Waals surface area contributed by atoms with Crippen LogP contribution in [0.3, 0.4) is 0 Å². The van der Waals surface area contributed by atoms with Gasteiger partial charge in [-0.1, -0.05) is 51.1 Å². The third kappa shape index (κ3) is 3.14. The number of hydrogen-bond donors (Lipinski definition) is 0. The van der Waals surface area contributed by atoms with Gasteiger partial charge >= 0.3 is 0 Å². The molecule has 0 saturated carbocycles. The monoisotopic (exact) mass is 294 g/mol. The van der Waals surface area contributed by atoms with Gasteiger partial charge in [0.2, 0.25) is 0 Å². The van der Waals surface area contributed by atoms with E-state index in [0.29, 0.717) is 6.61 Å². The van der Waals surface area contributed by atoms with E-state index in [4.69, 9.17) is 4.74 Å². The summed E-state index contributed by atoms with van der Waals surface area (Å²) >= 11 is 0. The third-order valence-corrected chi connectivity index (χ3v) is 3.84. The van der Waals surface area contributed by atoms with Crippen LogP contribution in [0.15, 0.2) is 54.7 Å². The van der Waals surface area contributed by atoms with E-state index >= 15 is 0 Å². The summed E-state index contributed by atoms with van der Waals surface area (Å²) in [7, 11) is 0. The molecule has 0 N–H and O–H groups in total. The second-order valence-corrected chi connectivity index (χ2v) is 6.55. The fraction of sp³-hybridized carbons (Fsp3) is 0.316. The van der Waals surface area contributed by atoms with Crippen molar-refractivity contribution in [3.8, 4) is 5.75 Å². The van der Waals surface area contributed by atoms with E-state index in [1.54, 1.807) is 0 Å². The second kappa shape index (κ2) is 5.84. The highest BCUT2D eigenvalue weighted by atomic mass is 16.5. The third-order valence-electron chi connectivity index (χ3n) is 3.84. The normalized spacial score (nSPS) is 11.8. The van der Waals surface area contributed by atoms with Crippen molar-refractivity contribution < 1.29 is 4.74 Å². The molecule has 1 heterocycles. The zero-order valence-electron chi connectivity index (χ0n) is 13.4. The van der Waals surface area contributed by atoms with Gasteiger partial charge < -0.3 is 4.74 Å². The summed E-state index contributed by atoms with van der Waals surface area (Å²) in [5, 5.41) is 5.57. The number of aromatic nitrogens is 2. The number of ether oxygens (including phenoxy) is 1. The molecule has 3 heteroatoms. The topological polar surface area (TPSA) is 27.1 Å². The molecule has 1 aromatic heterocycles. The van der Waals surface area contributed by atoms with Crippen LogP contribution in [0.2, 0.25) is 0 Å². The molecule has 0 aliphatic rings. The van der Waals surface area contributed by atoms with Gasteiger partial charge in [0, 0.05) is 5.39 Å². The molecule has 3 aromatic rings. The van der Waals surface area contributed by atoms with Crippen molar-refractivity contribution in [3.05, 3.63) is 60.3 Å². The van der Waals surface area contributed by atoms with Crippen LogP contribution in [0.25, 0.3) is 10.9 Å². The first kappa shape index (κ1) is 14.6. The van der Waals surface area contributed by atoms with E-state index in [-0.39, 0.29) is 5.41 Å². The number of rotatable bonds is 4. The number of para-hydroxylation sites is 1. The van der Waals surface area contributed by atoms with E-state index in [9.17, 15) is 0 Å². The molecule has 3 rings (SSSR count). The molecule has 0 aliphatic heterocycles. The quantitative estimate of drug-likeness (QED) is 0.712. The molecule has 0 amide bonds. The summed E-state index contributed by atoms with van der Waals surface area (Å²) in [5.74, 6) is 0.907. The van der Waals surface area contributed by atoms with Crippen LogP contribution in [0.1, 0.15) is 26.3 Å². The molecule has 0 saturated heterocycles. The maximum atomic E-state index is 5.84. The van der Waals surface area contributed by atoms with Gasteiger partial charge in [-0.15, -0.1) is 0 Å². The molecule has 0 spiro atoms. The molecule has 0 radical (unpaired) electrons. The maximum Gasteiger partial charge on any atom is 0.119 e. The summed E-state index contributed by atoms with van der Waals surface area (Å²) in [6, 6.07) is 16.6. The van der Waals surface area contributed by atoms with Crippen molar-refractivity contribution in [2.24, 2.45) is 0 Å². The van der Waals surface area contributed by atoms with Gasteiger partial charge in [0.25, 0.3) is 0 Å². The van der Waals surface area contributed by atoms with Crippen LogP contribution < -0.4 is 4.74 Å². The summed E-state index contributed by atoms with van der Waals surface area (Å²) in [6.45, 7) is 8.00. The molecule has 3 nitrogen and oxygen atoms in total. The van der Waals surface area contributed by atoms with Gasteiger partial charge in [-0.05, 0) is 29.2 Å². The zero-order valence-corrected chi connectivity index (χ0v) is 13.4. The average Bonchev–Trinajstić information content (AvgIpc) is 2.90. The Morgan fingerprint density at radius 3 is 2.45 bits per heavy atom. The SMILES string of the molecule is CC(C)(C)c1ccc(OCCn2ncc3ccccc32)cc1. The highest BCUT2D eigenvalue weighted by Crippen LogP contribution is 2.24. The maximum absolute atomic E-state index is 5.84. The van der Waals surface area contributed by atoms with Crippen LogP contribution in [0, 0.1) is 0 Å². The lowest BCUT2D eigenvalue weighted by Gasteiger charge is -2.19. The predicted molar refractivity (Wildman–Crippen MR) is 90.4 cm³/mol. The Kier molecular flexibility index (Phi) is 3.88. The first-order valence-electron chi connectivity index (χ1n) is 7.68. The Morgan fingerprint density at radius 2 is 1.73 bits per heavy atom. The lowest BCUT2D eigenvalue weighted by Crippen LogP contribution is -2.11. The summed E-state index contributed by atoms with van der Waals surface area (Å²) < 4.78 is 7.82. The van der Waals surface area contributed by atoms with Crippen molar-refractivity contribution in [1.82, 2.24) is 9.78 Å². The molecular formula is C19H22N2O. The number of fused-ring (bicyclic) bond motifs is 1. The highest BCUT2D eigenvalue weighted by molar-refractivity contribution is 5.78. The molecule has 114 valence electrons. The van der Waals surface area contributed by atoms with Gasteiger partial charge in [-0.2, -0.15) is 5.10 Å². The smallest absolute Gasteiger partial charge is 0.119 e. The molecule has 0 bridgehead atoms. The van der Waals surface area contributed by atoms with Crippen LogP contribution in [0.5, 0.6) is 5.75 Å². The van der Waals surface area contributed by atoms with Crippen LogP contribution in [-0.2, 0) is 12.0 Å². The van der Waals surface area contributed by atoms with Crippen molar-refractivity contribution in [3.63, 3.8) is 0 Å². The average molecular weight is 294 g/mol. The Bertz CT molecular complexity index is 751. The Balaban J connectivity index is 1.61. The molecule has 0 fully saturated rings. The largest absolute Gasteiger partial charge is 0.492 e. The highest BCUT2D eigenvalue weighted by Gasteiger charge is 2.12. The van der Waals surface area contributed by atoms with Crippen molar-refractivity contribution in [2.75, 3.05) is 6.61 Å². The van der Waals surface area contributed by atoms with Crippen molar-refractivity contribution in [2.45, 2.75) is 32.7 Å². The fourth-order valence-corrected chi connectivity index (χ4v) is 2.51. The zero-order chi connectivity index (χ0) is 15.6. The van der Waals surface area contributed by atoms with E-state index in [1.165, 1.54) is 5.56 Å². The predicted octanol–water partition coefficient (Wildman–Crippen LogP) is 4.41. The van der Waals surface area contributed by atoms with Gasteiger partial charge in [0.05, 0.1) is 18.3 Å². The van der Waals surface area contributed by atoms with E-state index in [1.807, 2.05) is 35.1 Å². The molecular weight excluding hydrogens is 272 g/mol. The van der Waals surface area contributed by atoms with Crippen LogP contribution >= 0.6 is 0 Å². The second-order valence-electron chi connectivity index (χ2n) is 6.55. The molecule has 0 aliphatic carbocycles. The van der Waals surface area contributed by atoms with E-state index in [0.717, 1.165) is 23.2 Å². The first-order chi connectivity index (χ1) is 10.5. The van der Waals surface area contributed by atoms with Crippen LogP contribution in [-0.4, -0.2) is 16.4 Å². The summed E-state index contributed by atoms with van der Waals surface area (Å²) in [4.78, 5) is 0. The summed E-state index contributed by atoms with van der Waals surface area (Å²) in [5.41, 5.74) is 2.64. The van der Waals surface area contributed by atoms with Crippen molar-refractivity contribution in [1.29, 1.82) is 0 Å². The molecule has 2 aromatic carbocycles. The minimum atomic E-state index is 0.173. The Hall–Kier alpha value is -2.29. The lowest BCUT2D eigenvalue weighted by molar-refractivity contribution is 0.293. The van der Waals surface area contributed by atoms with Gasteiger partial charge in [0.15, 0.2) is 0 Å². The minimum Gasteiger partial charge on any atom is -0.492 e. The Labute approximate surface area is 131 Å². The van der Waals surface area contributed by atoms with E-state index in [2.05, 4.69) is 50.1 Å². The van der Waals surface area contributed by atoms with Gasteiger partial charge in [-0.3, -0.25) is 4.68 Å². The molecule has 22 heavy (non-hydrogen) atoms. The number of nitrogens with zero attached hydrogens (tertiary/aromatic N) is 2. The van der Waals surface area contributed by atoms with E-state index < -0.39 is 0 Å². The summed E-state index contributed by atoms with van der Waals surface area (Å²) in [6.07, 6.45) is 1.90. The standard InChI is InChI=1S/C19H22N2O/c1-19(2,3)16-8-10-17(11-9-16)22-13-12-21-18-7-5-4-6-15(18)14-20-21/h4-11,14H,12-13H2,1-3H3. The Morgan fingerprint density at radius 1 is 1.00 bits per heavy atom. The molecule has 0 unspecified atom stereocenters. The minimum absolute atomic E-state index is 0.173. The number of hydrogen-bond acceptors (Lipinski definition) is 2. The number of benzene rings is 2. The fourth-order valence-electron chi connectivity index (χ4n) is 2.51. The van der Waals surface area contributed by atoms with Gasteiger partial charge in [0.1, 0.15) is 12.4 Å². The first-order valence-corrected chi connectivity index (χ1v) is 7.68. The lowest BCUT2D eigenvalue weighted by atomic mass is 9.87. The van der Waals surface area contributed by atoms with Gasteiger partial charge in [-0.25, -0.2) is 0 Å². The molecule has 0 atom stereocenters. The van der Waals surface area contributed by atoms with Crippen LogP contribution in [0.4, 0.5) is 0 Å². The van der Waals surface area contributed by atoms with Crippen molar-refractivity contribution >= 4 is 10.9 Å².